The molecule has 0 spiro atoms. The van der Waals surface area contributed by atoms with E-state index in [1.807, 2.05) is 32.0 Å². The van der Waals surface area contributed by atoms with Crippen molar-refractivity contribution in [1.29, 1.82) is 0 Å². The Kier molecular flexibility index (Phi) is 4.79. The second-order valence-electron chi connectivity index (χ2n) is 3.82. The summed E-state index contributed by atoms with van der Waals surface area (Å²) in [6.45, 7) is 4.21. The van der Waals surface area contributed by atoms with Gasteiger partial charge in [0.1, 0.15) is 5.75 Å². The molecule has 0 aliphatic heterocycles. The van der Waals surface area contributed by atoms with Gasteiger partial charge in [0.15, 0.2) is 0 Å². The normalized spacial score (nSPS) is 12.4. The molecule has 4 heteroatoms. The third kappa shape index (κ3) is 4.31. The highest BCUT2D eigenvalue weighted by atomic mass is 16.5. The zero-order chi connectivity index (χ0) is 12.0. The summed E-state index contributed by atoms with van der Waals surface area (Å²) in [5.74, 6) is -0.391. The van der Waals surface area contributed by atoms with Gasteiger partial charge in [0.25, 0.3) is 0 Å². The summed E-state index contributed by atoms with van der Waals surface area (Å²) in [4.78, 5) is 11.0. The Morgan fingerprint density at radius 1 is 1.38 bits per heavy atom. The van der Waals surface area contributed by atoms with Crippen LogP contribution in [0, 0.1) is 0 Å². The Hall–Kier alpha value is -1.55. The first-order valence-corrected chi connectivity index (χ1v) is 5.27. The fourth-order valence-corrected chi connectivity index (χ4v) is 1.19. The molecule has 4 nitrogen and oxygen atoms in total. The molecule has 1 rings (SSSR count). The Morgan fingerprint density at radius 2 is 2.00 bits per heavy atom. The number of ether oxygens (including phenoxy) is 1. The van der Waals surface area contributed by atoms with Gasteiger partial charge in [-0.1, -0.05) is 32.0 Å². The van der Waals surface area contributed by atoms with E-state index >= 15 is 0 Å². The van der Waals surface area contributed by atoms with Crippen LogP contribution in [-0.2, 0) is 4.79 Å². The molecule has 0 aliphatic carbocycles. The highest BCUT2D eigenvalue weighted by Gasteiger charge is 2.19. The highest BCUT2D eigenvalue weighted by Crippen LogP contribution is 2.10. The predicted octanol–water partition coefficient (Wildman–Crippen LogP) is 1.52. The molecule has 0 fully saturated rings. The number of aliphatic carboxylic acids is 1. The van der Waals surface area contributed by atoms with Gasteiger partial charge < -0.3 is 15.2 Å². The van der Waals surface area contributed by atoms with Gasteiger partial charge in [-0.2, -0.15) is 0 Å². The molecule has 2 N–H and O–H groups in total. The van der Waals surface area contributed by atoms with Crippen LogP contribution in [0.15, 0.2) is 30.3 Å². The minimum atomic E-state index is -0.961. The van der Waals surface area contributed by atoms with Crippen molar-refractivity contribution in [1.82, 2.24) is 5.32 Å². The third-order valence-corrected chi connectivity index (χ3v) is 2.01. The topological polar surface area (TPSA) is 58.6 Å². The van der Waals surface area contributed by atoms with Gasteiger partial charge in [-0.05, 0) is 12.1 Å². The number of hydrogen-bond donors (Lipinski definition) is 2. The molecule has 1 aromatic rings. The van der Waals surface area contributed by atoms with E-state index in [0.717, 1.165) is 0 Å². The fourth-order valence-electron chi connectivity index (χ4n) is 1.19. The van der Waals surface area contributed by atoms with Crippen molar-refractivity contribution >= 4 is 5.97 Å². The summed E-state index contributed by atoms with van der Waals surface area (Å²) in [6.07, 6.45) is -0.857. The number of carboxylic acid groups (broad SMARTS) is 1. The number of para-hydroxylation sites is 1. The molecule has 0 aromatic heterocycles. The fraction of sp³-hybridized carbons (Fsp3) is 0.417. The molecule has 0 saturated heterocycles. The Labute approximate surface area is 95.2 Å². The molecule has 0 heterocycles. The van der Waals surface area contributed by atoms with E-state index in [1.165, 1.54) is 0 Å². The van der Waals surface area contributed by atoms with Crippen molar-refractivity contribution in [2.24, 2.45) is 0 Å². The zero-order valence-electron chi connectivity index (χ0n) is 9.51. The second kappa shape index (κ2) is 6.12. The summed E-state index contributed by atoms with van der Waals surface area (Å²) in [6, 6.07) is 9.20. The summed E-state index contributed by atoms with van der Waals surface area (Å²) < 4.78 is 5.36. The number of carboxylic acids is 1. The maximum Gasteiger partial charge on any atom is 0.346 e. The first kappa shape index (κ1) is 12.5. The lowest BCUT2D eigenvalue weighted by Crippen LogP contribution is -2.40. The molecule has 1 atom stereocenters. The van der Waals surface area contributed by atoms with Gasteiger partial charge >= 0.3 is 5.97 Å². The Balaban J connectivity index is 2.55. The van der Waals surface area contributed by atoms with E-state index in [-0.39, 0.29) is 6.04 Å². The number of benzene rings is 1. The standard InChI is InChI=1S/C12H17NO3/c1-9(2)13-8-11(12(14)15)16-10-6-4-3-5-7-10/h3-7,9,11,13H,8H2,1-2H3,(H,14,15). The van der Waals surface area contributed by atoms with E-state index in [1.54, 1.807) is 12.1 Å². The van der Waals surface area contributed by atoms with Gasteiger partial charge in [0.05, 0.1) is 0 Å². The van der Waals surface area contributed by atoms with Gasteiger partial charge in [-0.25, -0.2) is 4.79 Å². The smallest absolute Gasteiger partial charge is 0.346 e. The first-order valence-electron chi connectivity index (χ1n) is 5.27. The molecule has 0 amide bonds. The van der Waals surface area contributed by atoms with Crippen LogP contribution >= 0.6 is 0 Å². The molecular formula is C12H17NO3. The SMILES string of the molecule is CC(C)NCC(Oc1ccccc1)C(=O)O. The van der Waals surface area contributed by atoms with Crippen LogP contribution in [0.4, 0.5) is 0 Å². The van der Waals surface area contributed by atoms with Crippen molar-refractivity contribution in [3.63, 3.8) is 0 Å². The predicted molar refractivity (Wildman–Crippen MR) is 61.6 cm³/mol. The Morgan fingerprint density at radius 3 is 2.50 bits per heavy atom. The molecule has 0 aliphatic rings. The van der Waals surface area contributed by atoms with Crippen LogP contribution in [0.5, 0.6) is 5.75 Å². The summed E-state index contributed by atoms with van der Waals surface area (Å²) in [5.41, 5.74) is 0. The van der Waals surface area contributed by atoms with Gasteiger partial charge in [0, 0.05) is 12.6 Å². The summed E-state index contributed by atoms with van der Waals surface area (Å²) in [5, 5.41) is 12.0. The summed E-state index contributed by atoms with van der Waals surface area (Å²) >= 11 is 0. The van der Waals surface area contributed by atoms with Crippen molar-refractivity contribution in [2.75, 3.05) is 6.54 Å². The molecule has 16 heavy (non-hydrogen) atoms. The second-order valence-corrected chi connectivity index (χ2v) is 3.82. The highest BCUT2D eigenvalue weighted by molar-refractivity contribution is 5.73. The molecule has 0 saturated carbocycles. The number of carbonyl (C=O) groups is 1. The third-order valence-electron chi connectivity index (χ3n) is 2.01. The first-order chi connectivity index (χ1) is 7.59. The molecular weight excluding hydrogens is 206 g/mol. The molecule has 1 aromatic carbocycles. The molecule has 88 valence electrons. The van der Waals surface area contributed by atoms with Crippen molar-refractivity contribution in [2.45, 2.75) is 26.0 Å². The molecule has 0 bridgehead atoms. The maximum absolute atomic E-state index is 11.0. The van der Waals surface area contributed by atoms with E-state index in [4.69, 9.17) is 9.84 Å². The van der Waals surface area contributed by atoms with Crippen molar-refractivity contribution < 1.29 is 14.6 Å². The van der Waals surface area contributed by atoms with Gasteiger partial charge in [-0.15, -0.1) is 0 Å². The number of nitrogens with one attached hydrogen (secondary N) is 1. The minimum Gasteiger partial charge on any atom is -0.478 e. The van der Waals surface area contributed by atoms with E-state index in [0.29, 0.717) is 12.3 Å². The van der Waals surface area contributed by atoms with E-state index < -0.39 is 12.1 Å². The lowest BCUT2D eigenvalue weighted by atomic mass is 10.3. The van der Waals surface area contributed by atoms with E-state index in [2.05, 4.69) is 5.32 Å². The number of hydrogen-bond acceptors (Lipinski definition) is 3. The molecule has 1 unspecified atom stereocenters. The van der Waals surface area contributed by atoms with Gasteiger partial charge in [-0.3, -0.25) is 0 Å². The average molecular weight is 223 g/mol. The van der Waals surface area contributed by atoms with Crippen LogP contribution in [0.3, 0.4) is 0 Å². The molecule has 0 radical (unpaired) electrons. The minimum absolute atomic E-state index is 0.237. The van der Waals surface area contributed by atoms with Gasteiger partial charge in [0.2, 0.25) is 6.10 Å². The van der Waals surface area contributed by atoms with Crippen LogP contribution in [0.2, 0.25) is 0 Å². The van der Waals surface area contributed by atoms with Crippen LogP contribution < -0.4 is 10.1 Å². The van der Waals surface area contributed by atoms with Crippen LogP contribution in [-0.4, -0.2) is 29.8 Å². The largest absolute Gasteiger partial charge is 0.478 e. The maximum atomic E-state index is 11.0. The average Bonchev–Trinajstić information content (AvgIpc) is 2.25. The van der Waals surface area contributed by atoms with E-state index in [9.17, 15) is 4.79 Å². The van der Waals surface area contributed by atoms with Crippen LogP contribution in [0.1, 0.15) is 13.8 Å². The zero-order valence-corrected chi connectivity index (χ0v) is 9.51. The van der Waals surface area contributed by atoms with Crippen molar-refractivity contribution in [3.8, 4) is 5.75 Å². The van der Waals surface area contributed by atoms with Crippen molar-refractivity contribution in [3.05, 3.63) is 30.3 Å². The Bertz CT molecular complexity index is 324. The van der Waals surface area contributed by atoms with Crippen LogP contribution in [0.25, 0.3) is 0 Å². The summed E-state index contributed by atoms with van der Waals surface area (Å²) in [7, 11) is 0. The lowest BCUT2D eigenvalue weighted by molar-refractivity contribution is -0.144. The monoisotopic (exact) mass is 223 g/mol. The quantitative estimate of drug-likeness (QED) is 0.767. The lowest BCUT2D eigenvalue weighted by Gasteiger charge is -2.17. The number of rotatable bonds is 6.